The van der Waals surface area contributed by atoms with Crippen molar-refractivity contribution in [3.8, 4) is 0 Å². The third-order valence-corrected chi connectivity index (χ3v) is 12.0. The van der Waals surface area contributed by atoms with E-state index in [1.807, 2.05) is 41.5 Å². The smallest absolute Gasteiger partial charge is 0.466 e. The number of cyclic esters (lactones) is 9. The number of carbonyl (C=O) groups excluding carboxylic acids is 9. The van der Waals surface area contributed by atoms with Gasteiger partial charge in [-0.3, -0.25) is 38.4 Å². The third kappa shape index (κ3) is 32.2. The molecule has 0 radical (unpaired) electrons. The lowest BCUT2D eigenvalue weighted by molar-refractivity contribution is -0.167. The van der Waals surface area contributed by atoms with Crippen LogP contribution in [0.1, 0.15) is 151 Å². The van der Waals surface area contributed by atoms with Gasteiger partial charge in [0.2, 0.25) is 0 Å². The van der Waals surface area contributed by atoms with Gasteiger partial charge in [0.25, 0.3) is 0 Å². The van der Waals surface area contributed by atoms with Gasteiger partial charge in [0.05, 0.1) is 63.6 Å². The fourth-order valence-corrected chi connectivity index (χ4v) is 7.19. The van der Waals surface area contributed by atoms with Crippen molar-refractivity contribution < 1.29 is 94.6 Å². The topological polar surface area (TPSA) is 280 Å². The Balaban J connectivity index is 0.000000406. The number of allylic oxidation sites excluding steroid dienone is 1. The molecule has 9 aliphatic heterocycles. The fourth-order valence-electron chi connectivity index (χ4n) is 6.12. The number of esters is 7. The van der Waals surface area contributed by atoms with Gasteiger partial charge in [-0.05, 0) is 98.5 Å². The van der Waals surface area contributed by atoms with E-state index in [0.29, 0.717) is 99.5 Å². The molecule has 10 heterocycles. The summed E-state index contributed by atoms with van der Waals surface area (Å²) in [5.74, 6) is 3.46. The molecule has 0 spiro atoms. The van der Waals surface area contributed by atoms with Crippen LogP contribution in [0.15, 0.2) is 25.5 Å². The van der Waals surface area contributed by atoms with Crippen molar-refractivity contribution in [3.63, 3.8) is 0 Å². The molecule has 10 rings (SSSR count). The molecule has 0 aromatic carbocycles. The maximum absolute atomic E-state index is 10.6. The van der Waals surface area contributed by atoms with Gasteiger partial charge in [-0.1, -0.05) is 46.4 Å². The molecule has 0 aliphatic carbocycles. The normalized spacial score (nSPS) is 26.9. The molecule has 21 nitrogen and oxygen atoms in total. The van der Waals surface area contributed by atoms with E-state index >= 15 is 0 Å². The summed E-state index contributed by atoms with van der Waals surface area (Å²) in [5, 5.41) is 0.375. The first kappa shape index (κ1) is 65.3. The van der Waals surface area contributed by atoms with Gasteiger partial charge in [-0.15, -0.1) is 0 Å². The average molecular weight is 1060 g/mol. The van der Waals surface area contributed by atoms with Crippen LogP contribution in [0, 0.1) is 43.4 Å². The van der Waals surface area contributed by atoms with E-state index in [4.69, 9.17) is 14.2 Å². The highest BCUT2D eigenvalue weighted by Gasteiger charge is 2.24. The number of thioether (sulfide) groups is 1. The molecule has 22 heteroatoms. The SMILES string of the molecule is CC1=CCC(=O)O1.CC1CC(=O)O1.CC1CCCC(=O)O1.CC1CCCOC1=O.CC1CCOC(=O)C1.CC1CCOC1=O.CC1CCSC1=O.CC1COC(=O)C1.CC1COC(=O)O1.Cc1oc(=O)oc1C. The van der Waals surface area contributed by atoms with Crippen molar-refractivity contribution in [2.75, 3.05) is 38.8 Å². The third-order valence-electron chi connectivity index (χ3n) is 10.9. The number of ether oxygens (including phenoxy) is 9. The Morgan fingerprint density at radius 1 is 0.479 bits per heavy atom. The molecule has 0 bridgehead atoms. The fraction of sp³-hybridized carbons (Fsp3) is 0.725. The lowest BCUT2D eigenvalue weighted by Gasteiger charge is -2.20. The summed E-state index contributed by atoms with van der Waals surface area (Å²) in [4.78, 5) is 103. The minimum Gasteiger partial charge on any atom is -0.466 e. The maximum atomic E-state index is 10.6. The first-order valence-electron chi connectivity index (χ1n) is 24.8. The van der Waals surface area contributed by atoms with Crippen LogP contribution in [0.3, 0.4) is 0 Å². The van der Waals surface area contributed by atoms with Crippen LogP contribution in [0.5, 0.6) is 0 Å². The van der Waals surface area contributed by atoms with Crippen molar-refractivity contribution in [1.29, 1.82) is 0 Å². The molecule has 0 saturated carbocycles. The van der Waals surface area contributed by atoms with E-state index in [-0.39, 0.29) is 71.9 Å². The van der Waals surface area contributed by atoms with Gasteiger partial charge < -0.3 is 51.5 Å². The minimum absolute atomic E-state index is 0.0312. The Labute approximate surface area is 432 Å². The lowest BCUT2D eigenvalue weighted by Crippen LogP contribution is -2.29. The Hall–Kier alpha value is -5.67. The second-order valence-electron chi connectivity index (χ2n) is 18.5. The number of hydrogen-bond donors (Lipinski definition) is 0. The van der Waals surface area contributed by atoms with E-state index in [2.05, 4.69) is 44.2 Å². The van der Waals surface area contributed by atoms with Crippen molar-refractivity contribution in [2.45, 2.75) is 172 Å². The first-order valence-corrected chi connectivity index (χ1v) is 25.8. The molecule has 8 unspecified atom stereocenters. The van der Waals surface area contributed by atoms with Gasteiger partial charge in [-0.2, -0.15) is 0 Å². The number of hydrogen-bond acceptors (Lipinski definition) is 22. The lowest BCUT2D eigenvalue weighted by atomic mass is 10.0. The molecular weight excluding hydrogens is 981 g/mol. The largest absolute Gasteiger partial charge is 0.518 e. The van der Waals surface area contributed by atoms with E-state index in [1.54, 1.807) is 33.8 Å². The van der Waals surface area contributed by atoms with Crippen LogP contribution in [0.25, 0.3) is 0 Å². The van der Waals surface area contributed by atoms with E-state index in [0.717, 1.165) is 56.5 Å². The number of carbonyl (C=O) groups is 9. The maximum Gasteiger partial charge on any atom is 0.518 e. The zero-order chi connectivity index (χ0) is 55.0. The predicted molar refractivity (Wildman–Crippen MR) is 262 cm³/mol. The highest BCUT2D eigenvalue weighted by Crippen LogP contribution is 2.24. The molecule has 9 aliphatic rings. The summed E-state index contributed by atoms with van der Waals surface area (Å²) in [6.07, 6.45) is 11.5. The molecule has 0 N–H and O–H groups in total. The van der Waals surface area contributed by atoms with E-state index < -0.39 is 12.0 Å². The zero-order valence-electron chi connectivity index (χ0n) is 44.4. The molecule has 8 fully saturated rings. The first-order chi connectivity index (χ1) is 34.3. The Morgan fingerprint density at radius 2 is 1.05 bits per heavy atom. The van der Waals surface area contributed by atoms with Crippen molar-refractivity contribution in [2.24, 2.45) is 29.6 Å². The summed E-state index contributed by atoms with van der Waals surface area (Å²) in [6.45, 7) is 23.5. The highest BCUT2D eigenvalue weighted by atomic mass is 32.2. The summed E-state index contributed by atoms with van der Waals surface area (Å²) in [5.41, 5.74) is 0. The van der Waals surface area contributed by atoms with Gasteiger partial charge >= 0.3 is 53.8 Å². The average Bonchev–Trinajstić information content (AvgIpc) is 4.19. The zero-order valence-corrected chi connectivity index (χ0v) is 45.2. The molecule has 73 heavy (non-hydrogen) atoms. The van der Waals surface area contributed by atoms with Crippen LogP contribution >= 0.6 is 11.8 Å². The van der Waals surface area contributed by atoms with Crippen LogP contribution in [-0.2, 0) is 81.0 Å². The molecule has 0 amide bonds. The van der Waals surface area contributed by atoms with Crippen LogP contribution in [0.4, 0.5) is 4.79 Å². The van der Waals surface area contributed by atoms with E-state index in [9.17, 15) is 47.9 Å². The Bertz CT molecular complexity index is 1900. The van der Waals surface area contributed by atoms with Gasteiger partial charge in [0, 0.05) is 30.4 Å². The predicted octanol–water partition coefficient (Wildman–Crippen LogP) is 8.00. The van der Waals surface area contributed by atoms with Crippen LogP contribution in [-0.4, -0.2) is 110 Å². The summed E-state index contributed by atoms with van der Waals surface area (Å²) in [7, 11) is 0. The number of rotatable bonds is 0. The van der Waals surface area contributed by atoms with Crippen molar-refractivity contribution in [1.82, 2.24) is 0 Å². The second-order valence-corrected chi connectivity index (χ2v) is 19.6. The molecule has 414 valence electrons. The molecule has 1 aromatic rings. The standard InChI is InChI=1S/3C6H10O2.C5H6O3.2C5H8O2.C5H6O2.C5H8OS.C4H6O3.C4H6O2/c1-5-2-3-8-6(7)4-5;1-5-3-2-4-8-6(5)7;1-5-3-2-4-6(7)8-5;1-3-4(2)8-5(6)7-3;1-4-2-5(6)7-3-4;1-4-2-3-7-5(4)6;1-4-2-3-5(6)7-4;1-4-2-3-7-5(4)6;1-3-2-6-4(5)7-3;1-3-2-4(5)6-3/h3*5H,2-4H2,1H3;1-2H3;2*4H,2-3H2,1H3;2H,3H2,1H3;4H,2-3H2,1H3;3H,2H2,1H3;3H,2H2,1H3. The van der Waals surface area contributed by atoms with Crippen LogP contribution < -0.4 is 5.82 Å². The van der Waals surface area contributed by atoms with Crippen molar-refractivity contribution >= 4 is 64.8 Å². The Kier molecular flexibility index (Phi) is 32.5. The molecule has 1 aromatic heterocycles. The molecule has 8 saturated heterocycles. The highest BCUT2D eigenvalue weighted by molar-refractivity contribution is 8.14. The quantitative estimate of drug-likeness (QED) is 0.176. The molecule has 8 atom stereocenters. The van der Waals surface area contributed by atoms with Crippen LogP contribution in [0.2, 0.25) is 0 Å². The number of aryl methyl sites for hydroxylation is 2. The summed E-state index contributed by atoms with van der Waals surface area (Å²) in [6, 6.07) is 0. The summed E-state index contributed by atoms with van der Waals surface area (Å²) < 4.78 is 50.5. The molecular formula is C51H78O21S. The van der Waals surface area contributed by atoms with Crippen molar-refractivity contribution in [3.05, 3.63) is 34.0 Å². The minimum atomic E-state index is -0.625. The summed E-state index contributed by atoms with van der Waals surface area (Å²) >= 11 is 1.47. The second kappa shape index (κ2) is 36.3. The van der Waals surface area contributed by atoms with Gasteiger partial charge in [-0.25, -0.2) is 9.59 Å². The monoisotopic (exact) mass is 1060 g/mol. The Morgan fingerprint density at radius 3 is 1.26 bits per heavy atom. The van der Waals surface area contributed by atoms with Gasteiger partial charge in [0.1, 0.15) is 36.1 Å². The van der Waals surface area contributed by atoms with Gasteiger partial charge in [0.15, 0.2) is 5.12 Å². The van der Waals surface area contributed by atoms with E-state index in [1.165, 1.54) is 11.8 Å².